The Morgan fingerprint density at radius 2 is 2.25 bits per heavy atom. The third-order valence-corrected chi connectivity index (χ3v) is 1.84. The first kappa shape index (κ1) is 8.70. The molecule has 1 rings (SSSR count). The third kappa shape index (κ3) is 1.17. The average molecular weight is 169 g/mol. The Labute approximate surface area is 70.0 Å². The molecule has 1 N–H and O–H groups in total. The van der Waals surface area contributed by atoms with Gasteiger partial charge in [-0.25, -0.2) is 4.79 Å². The molecule has 1 aromatic heterocycles. The van der Waals surface area contributed by atoms with E-state index in [9.17, 15) is 4.79 Å². The van der Waals surface area contributed by atoms with Crippen LogP contribution < -0.4 is 0 Å². The smallest absolute Gasteiger partial charge is 0.329 e. The van der Waals surface area contributed by atoms with Gasteiger partial charge < -0.3 is 9.67 Å². The number of carboxylic acid groups (broad SMARTS) is 1. The number of carboxylic acids is 1. The van der Waals surface area contributed by atoms with Crippen LogP contribution in [-0.2, 0) is 10.3 Å². The molecule has 0 radical (unpaired) electrons. The van der Waals surface area contributed by atoms with E-state index in [0.717, 1.165) is 0 Å². The summed E-state index contributed by atoms with van der Waals surface area (Å²) in [5.41, 5.74) is -0.979. The first-order valence-corrected chi connectivity index (χ1v) is 3.56. The lowest BCUT2D eigenvalue weighted by Crippen LogP contribution is -2.35. The normalized spacial score (nSPS) is 11.6. The van der Waals surface area contributed by atoms with E-state index in [1.807, 2.05) is 0 Å². The zero-order valence-electron chi connectivity index (χ0n) is 7.27. The minimum Gasteiger partial charge on any atom is -0.480 e. The van der Waals surface area contributed by atoms with Crippen molar-refractivity contribution in [3.63, 3.8) is 0 Å². The molecule has 0 saturated carbocycles. The Bertz CT molecular complexity index is 303. The molecule has 0 amide bonds. The summed E-state index contributed by atoms with van der Waals surface area (Å²) >= 11 is 0. The van der Waals surface area contributed by atoms with Crippen LogP contribution in [0.3, 0.4) is 0 Å². The van der Waals surface area contributed by atoms with Gasteiger partial charge >= 0.3 is 5.97 Å². The zero-order valence-corrected chi connectivity index (χ0v) is 7.27. The van der Waals surface area contributed by atoms with Gasteiger partial charge in [-0.15, -0.1) is 10.2 Å². The molecule has 0 aliphatic heterocycles. The number of aliphatic carboxylic acids is 1. The van der Waals surface area contributed by atoms with Gasteiger partial charge in [0.1, 0.15) is 17.7 Å². The Hall–Kier alpha value is -1.39. The van der Waals surface area contributed by atoms with Gasteiger partial charge in [0.25, 0.3) is 0 Å². The minimum absolute atomic E-state index is 0.599. The van der Waals surface area contributed by atoms with Crippen LogP contribution in [0.25, 0.3) is 0 Å². The van der Waals surface area contributed by atoms with E-state index in [4.69, 9.17) is 5.11 Å². The van der Waals surface area contributed by atoms with E-state index < -0.39 is 11.5 Å². The lowest BCUT2D eigenvalue weighted by molar-refractivity contribution is -0.145. The van der Waals surface area contributed by atoms with Gasteiger partial charge in [0, 0.05) is 0 Å². The van der Waals surface area contributed by atoms with Gasteiger partial charge in [-0.2, -0.15) is 0 Å². The molecule has 1 heterocycles. The standard InChI is InChI=1S/C7H11N3O2/c1-5-9-8-4-10(5)7(2,3)6(11)12/h4H,1-3H3,(H,11,12). The second-order valence-electron chi connectivity index (χ2n) is 3.11. The monoisotopic (exact) mass is 169 g/mol. The van der Waals surface area contributed by atoms with Crippen molar-refractivity contribution < 1.29 is 9.90 Å². The van der Waals surface area contributed by atoms with Crippen LogP contribution in [0, 0.1) is 6.92 Å². The Morgan fingerprint density at radius 3 is 2.58 bits per heavy atom. The molecule has 0 fully saturated rings. The Balaban J connectivity index is 3.13. The van der Waals surface area contributed by atoms with Crippen LogP contribution in [0.2, 0.25) is 0 Å². The molecule has 5 nitrogen and oxygen atoms in total. The number of rotatable bonds is 2. The molecule has 0 spiro atoms. The highest BCUT2D eigenvalue weighted by atomic mass is 16.4. The second kappa shape index (κ2) is 2.58. The zero-order chi connectivity index (χ0) is 9.35. The molecule has 1 aromatic rings. The molecular formula is C7H11N3O2. The fourth-order valence-electron chi connectivity index (χ4n) is 0.945. The minimum atomic E-state index is -0.979. The molecule has 0 unspecified atom stereocenters. The summed E-state index contributed by atoms with van der Waals surface area (Å²) in [6.07, 6.45) is 1.42. The van der Waals surface area contributed by atoms with E-state index in [1.54, 1.807) is 20.8 Å². The van der Waals surface area contributed by atoms with E-state index in [1.165, 1.54) is 10.9 Å². The average Bonchev–Trinajstić information content (AvgIpc) is 2.35. The molecular weight excluding hydrogens is 158 g/mol. The fourth-order valence-corrected chi connectivity index (χ4v) is 0.945. The van der Waals surface area contributed by atoms with E-state index >= 15 is 0 Å². The summed E-state index contributed by atoms with van der Waals surface area (Å²) in [6, 6.07) is 0. The molecule has 0 bridgehead atoms. The molecule has 0 saturated heterocycles. The summed E-state index contributed by atoms with van der Waals surface area (Å²) in [4.78, 5) is 10.8. The first-order chi connectivity index (χ1) is 5.46. The van der Waals surface area contributed by atoms with Crippen molar-refractivity contribution >= 4 is 5.97 Å². The van der Waals surface area contributed by atoms with Crippen molar-refractivity contribution in [3.05, 3.63) is 12.2 Å². The van der Waals surface area contributed by atoms with Crippen LogP contribution in [-0.4, -0.2) is 25.8 Å². The summed E-state index contributed by atoms with van der Waals surface area (Å²) in [5.74, 6) is -0.298. The Morgan fingerprint density at radius 1 is 1.67 bits per heavy atom. The van der Waals surface area contributed by atoms with Crippen molar-refractivity contribution in [3.8, 4) is 0 Å². The lowest BCUT2D eigenvalue weighted by Gasteiger charge is -2.21. The van der Waals surface area contributed by atoms with E-state index in [0.29, 0.717) is 5.82 Å². The summed E-state index contributed by atoms with van der Waals surface area (Å²) in [5, 5.41) is 16.2. The topological polar surface area (TPSA) is 68.0 Å². The van der Waals surface area contributed by atoms with Crippen LogP contribution in [0.5, 0.6) is 0 Å². The van der Waals surface area contributed by atoms with Gasteiger partial charge in [0.05, 0.1) is 0 Å². The third-order valence-electron chi connectivity index (χ3n) is 1.84. The predicted octanol–water partition coefficient (Wildman–Crippen LogP) is 0.406. The maximum absolute atomic E-state index is 10.8. The van der Waals surface area contributed by atoms with Crippen LogP contribution in [0.1, 0.15) is 19.7 Å². The number of carbonyl (C=O) groups is 1. The van der Waals surface area contributed by atoms with Crippen molar-refractivity contribution in [2.24, 2.45) is 0 Å². The van der Waals surface area contributed by atoms with E-state index in [-0.39, 0.29) is 0 Å². The summed E-state index contributed by atoms with van der Waals surface area (Å²) in [6.45, 7) is 4.93. The number of hydrogen-bond donors (Lipinski definition) is 1. The highest BCUT2D eigenvalue weighted by Crippen LogP contribution is 2.15. The molecule has 5 heteroatoms. The van der Waals surface area contributed by atoms with Crippen molar-refractivity contribution in [1.82, 2.24) is 14.8 Å². The Kier molecular flexibility index (Phi) is 1.87. The maximum atomic E-state index is 10.8. The van der Waals surface area contributed by atoms with Crippen molar-refractivity contribution in [2.45, 2.75) is 26.3 Å². The maximum Gasteiger partial charge on any atom is 0.329 e. The highest BCUT2D eigenvalue weighted by molar-refractivity contribution is 5.75. The van der Waals surface area contributed by atoms with Gasteiger partial charge in [0.2, 0.25) is 0 Å². The fraction of sp³-hybridized carbons (Fsp3) is 0.571. The molecule has 0 aromatic carbocycles. The van der Waals surface area contributed by atoms with Gasteiger partial charge in [-0.1, -0.05) is 0 Å². The number of aromatic nitrogens is 3. The van der Waals surface area contributed by atoms with Crippen LogP contribution in [0.15, 0.2) is 6.33 Å². The largest absolute Gasteiger partial charge is 0.480 e. The first-order valence-electron chi connectivity index (χ1n) is 3.56. The lowest BCUT2D eigenvalue weighted by atomic mass is 10.1. The van der Waals surface area contributed by atoms with Gasteiger partial charge in [0.15, 0.2) is 0 Å². The van der Waals surface area contributed by atoms with Crippen LogP contribution >= 0.6 is 0 Å². The second-order valence-corrected chi connectivity index (χ2v) is 3.11. The van der Waals surface area contributed by atoms with Gasteiger partial charge in [-0.3, -0.25) is 0 Å². The van der Waals surface area contributed by atoms with Gasteiger partial charge in [-0.05, 0) is 20.8 Å². The number of nitrogens with zero attached hydrogens (tertiary/aromatic N) is 3. The quantitative estimate of drug-likeness (QED) is 0.696. The number of hydrogen-bond acceptors (Lipinski definition) is 3. The van der Waals surface area contributed by atoms with E-state index in [2.05, 4.69) is 10.2 Å². The van der Waals surface area contributed by atoms with Crippen LogP contribution in [0.4, 0.5) is 0 Å². The number of aryl methyl sites for hydroxylation is 1. The molecule has 0 aliphatic carbocycles. The summed E-state index contributed by atoms with van der Waals surface area (Å²) in [7, 11) is 0. The van der Waals surface area contributed by atoms with Crippen molar-refractivity contribution in [2.75, 3.05) is 0 Å². The molecule has 12 heavy (non-hydrogen) atoms. The molecule has 0 aliphatic rings. The highest BCUT2D eigenvalue weighted by Gasteiger charge is 2.30. The summed E-state index contributed by atoms with van der Waals surface area (Å²) < 4.78 is 1.52. The molecule has 0 atom stereocenters. The van der Waals surface area contributed by atoms with Crippen molar-refractivity contribution in [1.29, 1.82) is 0 Å². The SMILES string of the molecule is Cc1nncn1C(C)(C)C(=O)O. The molecule has 66 valence electrons. The predicted molar refractivity (Wildman–Crippen MR) is 41.7 cm³/mol.